The third-order valence-corrected chi connectivity index (χ3v) is 3.91. The molecule has 2 rings (SSSR count). The fraction of sp³-hybridized carbons (Fsp3) is 0.923. The number of piperidine rings is 1. The second-order valence-electron chi connectivity index (χ2n) is 5.44. The second kappa shape index (κ2) is 5.45. The number of amides is 2. The van der Waals surface area contributed by atoms with Crippen LogP contribution in [0.1, 0.15) is 26.2 Å². The van der Waals surface area contributed by atoms with Crippen molar-refractivity contribution >= 4 is 6.03 Å². The maximum absolute atomic E-state index is 11.9. The molecule has 0 aromatic rings. The van der Waals surface area contributed by atoms with E-state index in [0.29, 0.717) is 6.61 Å². The minimum Gasteiger partial charge on any atom is -0.376 e. The van der Waals surface area contributed by atoms with Gasteiger partial charge in [0.05, 0.1) is 18.3 Å². The molecule has 0 aromatic heterocycles. The molecule has 0 bridgehead atoms. The quantitative estimate of drug-likeness (QED) is 0.748. The maximum Gasteiger partial charge on any atom is 0.319 e. The molecule has 5 nitrogen and oxygen atoms in total. The van der Waals surface area contributed by atoms with Crippen LogP contribution in [0.15, 0.2) is 0 Å². The van der Waals surface area contributed by atoms with Gasteiger partial charge in [-0.15, -0.1) is 0 Å². The summed E-state index contributed by atoms with van der Waals surface area (Å²) < 4.78 is 11.6. The van der Waals surface area contributed by atoms with Crippen LogP contribution < -0.4 is 0 Å². The summed E-state index contributed by atoms with van der Waals surface area (Å²) in [5.74, 6) is 0. The lowest BCUT2D eigenvalue weighted by Gasteiger charge is -2.39. The van der Waals surface area contributed by atoms with Crippen molar-refractivity contribution in [3.05, 3.63) is 0 Å². The first kappa shape index (κ1) is 13.6. The van der Waals surface area contributed by atoms with Gasteiger partial charge >= 0.3 is 6.03 Å². The Kier molecular flexibility index (Phi) is 4.12. The summed E-state index contributed by atoms with van der Waals surface area (Å²) in [5.41, 5.74) is -0.0388. The number of carbonyl (C=O) groups is 1. The van der Waals surface area contributed by atoms with Crippen molar-refractivity contribution in [2.75, 3.05) is 40.4 Å². The Hall–Kier alpha value is -0.810. The first-order valence-corrected chi connectivity index (χ1v) is 6.78. The average Bonchev–Trinajstić information content (AvgIpc) is 2.73. The highest BCUT2D eigenvalue weighted by atomic mass is 16.6. The normalized spacial score (nSPS) is 26.6. The molecule has 2 aliphatic heterocycles. The van der Waals surface area contributed by atoms with Crippen molar-refractivity contribution in [2.45, 2.75) is 37.9 Å². The molecule has 2 amide bonds. The van der Waals surface area contributed by atoms with E-state index in [9.17, 15) is 4.79 Å². The standard InChI is InChI=1S/C13H24N2O3/c1-4-17-11-9-13(18-10-11)5-7-15(8-6-13)12(16)14(2)3/h11H,4-10H2,1-3H3/t11-/m0/s1. The molecule has 5 heteroatoms. The number of carbonyl (C=O) groups excluding carboxylic acids is 1. The molecule has 2 aliphatic rings. The van der Waals surface area contributed by atoms with E-state index < -0.39 is 0 Å². The van der Waals surface area contributed by atoms with Crippen LogP contribution in [0.5, 0.6) is 0 Å². The third kappa shape index (κ3) is 2.78. The largest absolute Gasteiger partial charge is 0.376 e. The molecular formula is C13H24N2O3. The highest BCUT2D eigenvalue weighted by molar-refractivity contribution is 5.73. The van der Waals surface area contributed by atoms with E-state index >= 15 is 0 Å². The molecule has 0 saturated carbocycles. The Morgan fingerprint density at radius 3 is 2.67 bits per heavy atom. The van der Waals surface area contributed by atoms with Gasteiger partial charge in [-0.1, -0.05) is 0 Å². The van der Waals surface area contributed by atoms with Crippen molar-refractivity contribution < 1.29 is 14.3 Å². The fourth-order valence-corrected chi connectivity index (χ4v) is 2.88. The van der Waals surface area contributed by atoms with Crippen LogP contribution in [0.3, 0.4) is 0 Å². The zero-order valence-electron chi connectivity index (χ0n) is 11.6. The number of likely N-dealkylation sites (tertiary alicyclic amines) is 1. The van der Waals surface area contributed by atoms with Gasteiger partial charge in [-0.25, -0.2) is 4.79 Å². The monoisotopic (exact) mass is 256 g/mol. The Labute approximate surface area is 109 Å². The lowest BCUT2D eigenvalue weighted by atomic mass is 9.88. The van der Waals surface area contributed by atoms with Gasteiger partial charge in [-0.3, -0.25) is 0 Å². The molecule has 0 N–H and O–H groups in total. The molecule has 0 radical (unpaired) electrons. The van der Waals surface area contributed by atoms with Crippen LogP contribution >= 0.6 is 0 Å². The summed E-state index contributed by atoms with van der Waals surface area (Å²) in [6, 6.07) is 0.101. The Morgan fingerprint density at radius 2 is 2.11 bits per heavy atom. The third-order valence-electron chi connectivity index (χ3n) is 3.91. The molecule has 104 valence electrons. The summed E-state index contributed by atoms with van der Waals surface area (Å²) in [5, 5.41) is 0. The first-order chi connectivity index (χ1) is 8.56. The van der Waals surface area contributed by atoms with Gasteiger partial charge in [0.15, 0.2) is 0 Å². The van der Waals surface area contributed by atoms with Crippen molar-refractivity contribution in [3.8, 4) is 0 Å². The number of hydrogen-bond donors (Lipinski definition) is 0. The van der Waals surface area contributed by atoms with Crippen molar-refractivity contribution in [1.29, 1.82) is 0 Å². The number of nitrogens with zero attached hydrogens (tertiary/aromatic N) is 2. The number of hydrogen-bond acceptors (Lipinski definition) is 3. The summed E-state index contributed by atoms with van der Waals surface area (Å²) in [7, 11) is 3.59. The van der Waals surface area contributed by atoms with Gasteiger partial charge < -0.3 is 19.3 Å². The van der Waals surface area contributed by atoms with Crippen LogP contribution in [-0.2, 0) is 9.47 Å². The van der Waals surface area contributed by atoms with E-state index in [1.807, 2.05) is 11.8 Å². The highest BCUT2D eigenvalue weighted by Crippen LogP contribution is 2.37. The molecule has 2 saturated heterocycles. The van der Waals surface area contributed by atoms with Crippen molar-refractivity contribution in [1.82, 2.24) is 9.80 Å². The number of rotatable bonds is 2. The van der Waals surface area contributed by atoms with Gasteiger partial charge in [0.1, 0.15) is 0 Å². The molecule has 1 atom stereocenters. The minimum atomic E-state index is -0.0388. The summed E-state index contributed by atoms with van der Waals surface area (Å²) in [6.45, 7) is 5.04. The molecule has 1 spiro atoms. The van der Waals surface area contributed by atoms with Crippen molar-refractivity contribution in [3.63, 3.8) is 0 Å². The van der Waals surface area contributed by atoms with Gasteiger partial charge in [-0.05, 0) is 19.8 Å². The lowest BCUT2D eigenvalue weighted by molar-refractivity contribution is -0.0396. The summed E-state index contributed by atoms with van der Waals surface area (Å²) >= 11 is 0. The molecule has 0 unspecified atom stereocenters. The minimum absolute atomic E-state index is 0.0388. The topological polar surface area (TPSA) is 42.0 Å². The zero-order chi connectivity index (χ0) is 13.2. The Morgan fingerprint density at radius 1 is 1.44 bits per heavy atom. The molecule has 0 aromatic carbocycles. The fourth-order valence-electron chi connectivity index (χ4n) is 2.88. The van der Waals surface area contributed by atoms with Gasteiger partial charge in [-0.2, -0.15) is 0 Å². The van der Waals surface area contributed by atoms with Crippen LogP contribution in [-0.4, -0.2) is 67.9 Å². The van der Waals surface area contributed by atoms with Gasteiger partial charge in [0, 0.05) is 40.2 Å². The number of ether oxygens (including phenoxy) is 2. The molecule has 2 fully saturated rings. The molecule has 18 heavy (non-hydrogen) atoms. The van der Waals surface area contributed by atoms with Crippen LogP contribution in [0.4, 0.5) is 4.79 Å². The smallest absolute Gasteiger partial charge is 0.319 e. The second-order valence-corrected chi connectivity index (χ2v) is 5.44. The van der Waals surface area contributed by atoms with E-state index in [4.69, 9.17) is 9.47 Å². The molecule has 2 heterocycles. The predicted molar refractivity (Wildman–Crippen MR) is 68.6 cm³/mol. The first-order valence-electron chi connectivity index (χ1n) is 6.78. The van der Waals surface area contributed by atoms with E-state index in [2.05, 4.69) is 0 Å². The van der Waals surface area contributed by atoms with E-state index in [1.165, 1.54) is 0 Å². The van der Waals surface area contributed by atoms with Crippen molar-refractivity contribution in [2.24, 2.45) is 0 Å². The predicted octanol–water partition coefficient (Wildman–Crippen LogP) is 1.33. The van der Waals surface area contributed by atoms with E-state index in [1.54, 1.807) is 19.0 Å². The van der Waals surface area contributed by atoms with Crippen LogP contribution in [0, 0.1) is 0 Å². The molecular weight excluding hydrogens is 232 g/mol. The average molecular weight is 256 g/mol. The summed E-state index contributed by atoms with van der Waals surface area (Å²) in [4.78, 5) is 15.4. The van der Waals surface area contributed by atoms with Crippen LogP contribution in [0.25, 0.3) is 0 Å². The van der Waals surface area contributed by atoms with Gasteiger partial charge in [0.2, 0.25) is 0 Å². The van der Waals surface area contributed by atoms with Crippen LogP contribution in [0.2, 0.25) is 0 Å². The van der Waals surface area contributed by atoms with E-state index in [-0.39, 0.29) is 17.7 Å². The Bertz CT molecular complexity index is 299. The molecule has 0 aliphatic carbocycles. The van der Waals surface area contributed by atoms with E-state index in [0.717, 1.165) is 39.0 Å². The lowest BCUT2D eigenvalue weighted by Crippen LogP contribution is -2.49. The van der Waals surface area contributed by atoms with Gasteiger partial charge in [0.25, 0.3) is 0 Å². The zero-order valence-corrected chi connectivity index (χ0v) is 11.6. The Balaban J connectivity index is 1.85. The SMILES string of the molecule is CCO[C@@H]1COC2(CCN(C(=O)N(C)C)CC2)C1. The maximum atomic E-state index is 11.9. The summed E-state index contributed by atoms with van der Waals surface area (Å²) in [6.07, 6.45) is 3.07. The highest BCUT2D eigenvalue weighted by Gasteiger charge is 2.43. The number of urea groups is 1.